The standard InChI is InChI=1S/C27H38N2O/c1-20-7-6-18-29(19-20)25-15-11-23(12-16-25)21(2)28-26(30)17-10-22-8-13-24(14-9-22)27(3,4)5/h8-9,11-16,20-21H,6-7,10,17-19H2,1-5H3,(H,28,30). The molecule has 1 aliphatic heterocycles. The van der Waals surface area contributed by atoms with Crippen molar-refractivity contribution in [3.05, 3.63) is 65.2 Å². The lowest BCUT2D eigenvalue weighted by Crippen LogP contribution is -2.34. The molecule has 1 heterocycles. The molecule has 1 amide bonds. The van der Waals surface area contributed by atoms with Crippen molar-refractivity contribution in [1.82, 2.24) is 5.32 Å². The van der Waals surface area contributed by atoms with Crippen molar-refractivity contribution < 1.29 is 4.79 Å². The largest absolute Gasteiger partial charge is 0.371 e. The van der Waals surface area contributed by atoms with E-state index in [0.29, 0.717) is 6.42 Å². The molecule has 2 aromatic carbocycles. The van der Waals surface area contributed by atoms with Gasteiger partial charge in [-0.15, -0.1) is 0 Å². The number of piperidine rings is 1. The molecule has 30 heavy (non-hydrogen) atoms. The summed E-state index contributed by atoms with van der Waals surface area (Å²) >= 11 is 0. The Hall–Kier alpha value is -2.29. The number of hydrogen-bond acceptors (Lipinski definition) is 2. The first-order chi connectivity index (χ1) is 14.2. The van der Waals surface area contributed by atoms with Crippen LogP contribution in [0.1, 0.15) is 76.6 Å². The number of carbonyl (C=O) groups is 1. The van der Waals surface area contributed by atoms with Crippen LogP contribution < -0.4 is 10.2 Å². The zero-order valence-corrected chi connectivity index (χ0v) is 19.4. The van der Waals surface area contributed by atoms with Crippen LogP contribution in [-0.2, 0) is 16.6 Å². The Morgan fingerprint density at radius 2 is 1.77 bits per heavy atom. The van der Waals surface area contributed by atoms with Gasteiger partial charge in [0.05, 0.1) is 6.04 Å². The Bertz CT molecular complexity index is 817. The number of carbonyl (C=O) groups excluding carboxylic acids is 1. The van der Waals surface area contributed by atoms with Crippen molar-refractivity contribution in [1.29, 1.82) is 0 Å². The van der Waals surface area contributed by atoms with Crippen LogP contribution in [0.25, 0.3) is 0 Å². The maximum Gasteiger partial charge on any atom is 0.220 e. The summed E-state index contributed by atoms with van der Waals surface area (Å²) in [5.41, 5.74) is 5.15. The Morgan fingerprint density at radius 3 is 2.37 bits per heavy atom. The van der Waals surface area contributed by atoms with Crippen LogP contribution >= 0.6 is 0 Å². The Balaban J connectivity index is 1.49. The molecule has 2 aromatic rings. The maximum atomic E-state index is 12.5. The average molecular weight is 407 g/mol. The molecule has 1 N–H and O–H groups in total. The maximum absolute atomic E-state index is 12.5. The van der Waals surface area contributed by atoms with Crippen molar-refractivity contribution in [2.45, 2.75) is 71.8 Å². The van der Waals surface area contributed by atoms with E-state index < -0.39 is 0 Å². The monoisotopic (exact) mass is 406 g/mol. The van der Waals surface area contributed by atoms with Gasteiger partial charge in [0.15, 0.2) is 0 Å². The molecular weight excluding hydrogens is 368 g/mol. The van der Waals surface area contributed by atoms with Crippen molar-refractivity contribution in [2.24, 2.45) is 5.92 Å². The van der Waals surface area contributed by atoms with Gasteiger partial charge in [-0.05, 0) is 66.3 Å². The lowest BCUT2D eigenvalue weighted by molar-refractivity contribution is -0.121. The summed E-state index contributed by atoms with van der Waals surface area (Å²) in [7, 11) is 0. The second-order valence-electron chi connectivity index (χ2n) is 10.0. The van der Waals surface area contributed by atoms with Gasteiger partial charge in [0.1, 0.15) is 0 Å². The summed E-state index contributed by atoms with van der Waals surface area (Å²) in [6.45, 7) is 13.3. The summed E-state index contributed by atoms with van der Waals surface area (Å²) < 4.78 is 0. The smallest absolute Gasteiger partial charge is 0.220 e. The number of nitrogens with one attached hydrogen (secondary N) is 1. The van der Waals surface area contributed by atoms with Crippen molar-refractivity contribution in [2.75, 3.05) is 18.0 Å². The topological polar surface area (TPSA) is 32.3 Å². The quantitative estimate of drug-likeness (QED) is 0.635. The van der Waals surface area contributed by atoms with Gasteiger partial charge in [0.2, 0.25) is 5.91 Å². The van der Waals surface area contributed by atoms with E-state index in [1.807, 2.05) is 0 Å². The Labute approximate surface area is 182 Å². The van der Waals surface area contributed by atoms with Crippen LogP contribution in [0.5, 0.6) is 0 Å². The third kappa shape index (κ3) is 6.10. The molecule has 2 unspecified atom stereocenters. The van der Waals surface area contributed by atoms with Gasteiger partial charge in [0, 0.05) is 25.2 Å². The van der Waals surface area contributed by atoms with E-state index in [1.165, 1.54) is 29.7 Å². The van der Waals surface area contributed by atoms with Crippen LogP contribution in [0, 0.1) is 5.92 Å². The van der Waals surface area contributed by atoms with E-state index in [-0.39, 0.29) is 17.4 Å². The lowest BCUT2D eigenvalue weighted by Gasteiger charge is -2.33. The third-order valence-electron chi connectivity index (χ3n) is 6.25. The molecule has 2 atom stereocenters. The summed E-state index contributed by atoms with van der Waals surface area (Å²) in [5, 5.41) is 3.16. The first-order valence-corrected chi connectivity index (χ1v) is 11.5. The second-order valence-corrected chi connectivity index (χ2v) is 10.0. The number of hydrogen-bond donors (Lipinski definition) is 1. The highest BCUT2D eigenvalue weighted by atomic mass is 16.1. The number of nitrogens with zero attached hydrogens (tertiary/aromatic N) is 1. The third-order valence-corrected chi connectivity index (χ3v) is 6.25. The van der Waals surface area contributed by atoms with E-state index in [9.17, 15) is 4.79 Å². The summed E-state index contributed by atoms with van der Waals surface area (Å²) in [5.74, 6) is 0.873. The molecule has 1 fully saturated rings. The minimum absolute atomic E-state index is 0.0232. The molecule has 0 spiro atoms. The first-order valence-electron chi connectivity index (χ1n) is 11.5. The fourth-order valence-electron chi connectivity index (χ4n) is 4.22. The Morgan fingerprint density at radius 1 is 1.10 bits per heavy atom. The number of anilines is 1. The SMILES string of the molecule is CC1CCCN(c2ccc(C(C)NC(=O)CCc3ccc(C(C)(C)C)cc3)cc2)C1. The molecule has 0 radical (unpaired) electrons. The van der Waals surface area contributed by atoms with Crippen LogP contribution in [0.2, 0.25) is 0 Å². The highest BCUT2D eigenvalue weighted by Crippen LogP contribution is 2.25. The second kappa shape index (κ2) is 9.68. The molecule has 3 rings (SSSR count). The molecule has 3 heteroatoms. The van der Waals surface area contributed by atoms with E-state index in [2.05, 4.69) is 93.4 Å². The Kier molecular flexibility index (Phi) is 7.23. The minimum atomic E-state index is 0.0232. The zero-order chi connectivity index (χ0) is 21.7. The van der Waals surface area contributed by atoms with Gasteiger partial charge in [-0.25, -0.2) is 0 Å². The predicted octanol–water partition coefficient (Wildman–Crippen LogP) is 6.03. The predicted molar refractivity (Wildman–Crippen MR) is 127 cm³/mol. The van der Waals surface area contributed by atoms with Crippen molar-refractivity contribution in [3.8, 4) is 0 Å². The summed E-state index contributed by atoms with van der Waals surface area (Å²) in [6, 6.07) is 17.4. The fraction of sp³-hybridized carbons (Fsp3) is 0.519. The number of rotatable bonds is 6. The zero-order valence-electron chi connectivity index (χ0n) is 19.4. The number of amides is 1. The summed E-state index contributed by atoms with van der Waals surface area (Å²) in [4.78, 5) is 14.9. The molecule has 0 aromatic heterocycles. The van der Waals surface area contributed by atoms with E-state index in [4.69, 9.17) is 0 Å². The molecule has 1 aliphatic rings. The van der Waals surface area contributed by atoms with E-state index >= 15 is 0 Å². The number of benzene rings is 2. The minimum Gasteiger partial charge on any atom is -0.371 e. The highest BCUT2D eigenvalue weighted by Gasteiger charge is 2.17. The normalized spacial score (nSPS) is 18.2. The van der Waals surface area contributed by atoms with Gasteiger partial charge in [-0.1, -0.05) is 64.1 Å². The molecule has 162 valence electrons. The average Bonchev–Trinajstić information content (AvgIpc) is 2.72. The van der Waals surface area contributed by atoms with Crippen LogP contribution in [0.3, 0.4) is 0 Å². The van der Waals surface area contributed by atoms with Crippen molar-refractivity contribution in [3.63, 3.8) is 0 Å². The van der Waals surface area contributed by atoms with E-state index in [0.717, 1.165) is 31.0 Å². The number of aryl methyl sites for hydroxylation is 1. The van der Waals surface area contributed by atoms with Crippen LogP contribution in [0.15, 0.2) is 48.5 Å². The van der Waals surface area contributed by atoms with Gasteiger partial charge in [-0.3, -0.25) is 4.79 Å². The van der Waals surface area contributed by atoms with Gasteiger partial charge in [-0.2, -0.15) is 0 Å². The molecule has 0 saturated carbocycles. The van der Waals surface area contributed by atoms with Crippen LogP contribution in [0.4, 0.5) is 5.69 Å². The molecule has 0 bridgehead atoms. The fourth-order valence-corrected chi connectivity index (χ4v) is 4.22. The molecular formula is C27H38N2O. The molecule has 3 nitrogen and oxygen atoms in total. The van der Waals surface area contributed by atoms with Gasteiger partial charge >= 0.3 is 0 Å². The lowest BCUT2D eigenvalue weighted by atomic mass is 9.86. The van der Waals surface area contributed by atoms with Crippen molar-refractivity contribution >= 4 is 11.6 Å². The highest BCUT2D eigenvalue weighted by molar-refractivity contribution is 5.76. The summed E-state index contributed by atoms with van der Waals surface area (Å²) in [6.07, 6.45) is 3.89. The van der Waals surface area contributed by atoms with Crippen LogP contribution in [-0.4, -0.2) is 19.0 Å². The van der Waals surface area contributed by atoms with E-state index in [1.54, 1.807) is 0 Å². The molecule has 1 saturated heterocycles. The first kappa shape index (κ1) is 22.4. The van der Waals surface area contributed by atoms with Gasteiger partial charge < -0.3 is 10.2 Å². The molecule has 0 aliphatic carbocycles. The van der Waals surface area contributed by atoms with Gasteiger partial charge in [0.25, 0.3) is 0 Å².